The summed E-state index contributed by atoms with van der Waals surface area (Å²) in [6, 6.07) is 20.0. The molecule has 0 saturated heterocycles. The lowest BCUT2D eigenvalue weighted by molar-refractivity contribution is -0.113. The van der Waals surface area contributed by atoms with E-state index in [4.69, 9.17) is 9.47 Å². The van der Waals surface area contributed by atoms with E-state index in [-0.39, 0.29) is 17.6 Å². The fourth-order valence-corrected chi connectivity index (χ4v) is 3.48. The molecular weight excluding hydrogens is 412 g/mol. The molecule has 0 radical (unpaired) electrons. The van der Waals surface area contributed by atoms with Gasteiger partial charge in [0.25, 0.3) is 5.91 Å². The second-order valence-corrected chi connectivity index (χ2v) is 7.80. The molecular formula is C24H24N2O4S. The fraction of sp³-hybridized carbons (Fsp3) is 0.167. The number of methoxy groups -OCH3 is 2. The van der Waals surface area contributed by atoms with Crippen molar-refractivity contribution in [3.8, 4) is 11.5 Å². The normalized spacial score (nSPS) is 10.3. The van der Waals surface area contributed by atoms with Crippen molar-refractivity contribution in [2.45, 2.75) is 11.8 Å². The summed E-state index contributed by atoms with van der Waals surface area (Å²) < 4.78 is 10.5. The van der Waals surface area contributed by atoms with Gasteiger partial charge in [-0.05, 0) is 55.5 Å². The largest absolute Gasteiger partial charge is 0.497 e. The van der Waals surface area contributed by atoms with E-state index >= 15 is 0 Å². The third-order valence-corrected chi connectivity index (χ3v) is 5.49. The van der Waals surface area contributed by atoms with Crippen molar-refractivity contribution in [1.29, 1.82) is 0 Å². The minimum absolute atomic E-state index is 0.148. The van der Waals surface area contributed by atoms with Gasteiger partial charge in [-0.1, -0.05) is 17.7 Å². The summed E-state index contributed by atoms with van der Waals surface area (Å²) in [4.78, 5) is 25.6. The summed E-state index contributed by atoms with van der Waals surface area (Å²) in [7, 11) is 3.11. The molecule has 6 nitrogen and oxygen atoms in total. The van der Waals surface area contributed by atoms with E-state index in [9.17, 15) is 9.59 Å². The lowest BCUT2D eigenvalue weighted by Gasteiger charge is -2.11. The molecule has 0 aliphatic heterocycles. The summed E-state index contributed by atoms with van der Waals surface area (Å²) in [6.45, 7) is 1.98. The van der Waals surface area contributed by atoms with Crippen LogP contribution in [0.4, 0.5) is 11.4 Å². The Kier molecular flexibility index (Phi) is 7.56. The first-order valence-electron chi connectivity index (χ1n) is 9.61. The van der Waals surface area contributed by atoms with Gasteiger partial charge in [0.05, 0.1) is 25.7 Å². The third-order valence-electron chi connectivity index (χ3n) is 4.48. The van der Waals surface area contributed by atoms with Gasteiger partial charge in [0.15, 0.2) is 0 Å². The highest BCUT2D eigenvalue weighted by molar-refractivity contribution is 8.00. The Hall–Kier alpha value is -3.45. The molecule has 0 fully saturated rings. The van der Waals surface area contributed by atoms with Crippen LogP contribution in [0.2, 0.25) is 0 Å². The number of hydrogen-bond donors (Lipinski definition) is 2. The van der Waals surface area contributed by atoms with Crippen LogP contribution in [-0.2, 0) is 4.79 Å². The number of nitrogens with one attached hydrogen (secondary N) is 2. The summed E-state index contributed by atoms with van der Waals surface area (Å²) in [5, 5.41) is 5.72. The lowest BCUT2D eigenvalue weighted by Crippen LogP contribution is -2.14. The maximum Gasteiger partial charge on any atom is 0.255 e. The van der Waals surface area contributed by atoms with E-state index < -0.39 is 0 Å². The zero-order valence-corrected chi connectivity index (χ0v) is 18.4. The van der Waals surface area contributed by atoms with Crippen LogP contribution in [-0.4, -0.2) is 31.8 Å². The molecule has 3 aromatic carbocycles. The highest BCUT2D eigenvalue weighted by Gasteiger charge is 2.10. The van der Waals surface area contributed by atoms with Gasteiger partial charge in [0, 0.05) is 22.2 Å². The van der Waals surface area contributed by atoms with Crippen LogP contribution in [0.1, 0.15) is 15.9 Å². The molecule has 0 unspecified atom stereocenters. The van der Waals surface area contributed by atoms with Gasteiger partial charge < -0.3 is 20.1 Å². The molecule has 2 N–H and O–H groups in total. The van der Waals surface area contributed by atoms with Crippen molar-refractivity contribution in [3.63, 3.8) is 0 Å². The Morgan fingerprint density at radius 2 is 1.58 bits per heavy atom. The van der Waals surface area contributed by atoms with Crippen molar-refractivity contribution in [1.82, 2.24) is 0 Å². The molecule has 0 heterocycles. The molecule has 3 aromatic rings. The number of anilines is 2. The van der Waals surface area contributed by atoms with Crippen LogP contribution >= 0.6 is 11.8 Å². The summed E-state index contributed by atoms with van der Waals surface area (Å²) in [5.74, 6) is 1.12. The standard InChI is InChI=1S/C24H24N2O4S/c1-16-4-6-17(7-5-16)24(28)25-18-8-11-20(12-9-18)31-15-23(27)26-21-13-10-19(29-2)14-22(21)30-3/h4-14H,15H2,1-3H3,(H,25,28)(H,26,27). The summed E-state index contributed by atoms with van der Waals surface area (Å²) >= 11 is 1.40. The highest BCUT2D eigenvalue weighted by atomic mass is 32.2. The van der Waals surface area contributed by atoms with Crippen molar-refractivity contribution < 1.29 is 19.1 Å². The lowest BCUT2D eigenvalue weighted by atomic mass is 10.1. The van der Waals surface area contributed by atoms with Crippen LogP contribution < -0.4 is 20.1 Å². The van der Waals surface area contributed by atoms with E-state index in [1.54, 1.807) is 44.6 Å². The first kappa shape index (κ1) is 22.2. The van der Waals surface area contributed by atoms with Gasteiger partial charge in [-0.3, -0.25) is 9.59 Å². The highest BCUT2D eigenvalue weighted by Crippen LogP contribution is 2.29. The molecule has 31 heavy (non-hydrogen) atoms. The predicted octanol–water partition coefficient (Wildman–Crippen LogP) is 5.00. The van der Waals surface area contributed by atoms with E-state index in [0.29, 0.717) is 28.4 Å². The molecule has 2 amide bonds. The quantitative estimate of drug-likeness (QED) is 0.486. The van der Waals surface area contributed by atoms with Crippen molar-refractivity contribution in [3.05, 3.63) is 77.9 Å². The van der Waals surface area contributed by atoms with Gasteiger partial charge >= 0.3 is 0 Å². The van der Waals surface area contributed by atoms with Gasteiger partial charge in [0.2, 0.25) is 5.91 Å². The summed E-state index contributed by atoms with van der Waals surface area (Å²) in [5.41, 5.74) is 2.99. The summed E-state index contributed by atoms with van der Waals surface area (Å²) in [6.07, 6.45) is 0. The Balaban J connectivity index is 1.52. The minimum Gasteiger partial charge on any atom is -0.497 e. The first-order valence-corrected chi connectivity index (χ1v) is 10.6. The van der Waals surface area contributed by atoms with Gasteiger partial charge in [0.1, 0.15) is 11.5 Å². The SMILES string of the molecule is COc1ccc(NC(=O)CSc2ccc(NC(=O)c3ccc(C)cc3)cc2)c(OC)c1. The fourth-order valence-electron chi connectivity index (χ4n) is 2.78. The zero-order chi connectivity index (χ0) is 22.2. The molecule has 0 aliphatic carbocycles. The minimum atomic E-state index is -0.159. The van der Waals surface area contributed by atoms with E-state index in [1.807, 2.05) is 43.3 Å². The van der Waals surface area contributed by atoms with Crippen LogP contribution in [0, 0.1) is 6.92 Å². The van der Waals surface area contributed by atoms with Crippen molar-refractivity contribution >= 4 is 35.0 Å². The van der Waals surface area contributed by atoms with Crippen LogP contribution in [0.3, 0.4) is 0 Å². The number of hydrogen-bond acceptors (Lipinski definition) is 5. The zero-order valence-electron chi connectivity index (χ0n) is 17.6. The molecule has 7 heteroatoms. The maximum absolute atomic E-state index is 12.3. The molecule has 0 saturated carbocycles. The van der Waals surface area contributed by atoms with Crippen molar-refractivity contribution in [2.75, 3.05) is 30.6 Å². The van der Waals surface area contributed by atoms with Crippen molar-refractivity contribution in [2.24, 2.45) is 0 Å². The average molecular weight is 437 g/mol. The maximum atomic E-state index is 12.3. The van der Waals surface area contributed by atoms with Gasteiger partial charge in [-0.15, -0.1) is 11.8 Å². The smallest absolute Gasteiger partial charge is 0.255 e. The molecule has 0 spiro atoms. The Bertz CT molecular complexity index is 1050. The molecule has 0 aromatic heterocycles. The van der Waals surface area contributed by atoms with Crippen LogP contribution in [0.15, 0.2) is 71.6 Å². The second-order valence-electron chi connectivity index (χ2n) is 6.75. The number of carbonyl (C=O) groups excluding carboxylic acids is 2. The number of ether oxygens (including phenoxy) is 2. The van der Waals surface area contributed by atoms with Gasteiger partial charge in [-0.2, -0.15) is 0 Å². The van der Waals surface area contributed by atoms with Gasteiger partial charge in [-0.25, -0.2) is 0 Å². The molecule has 0 bridgehead atoms. The average Bonchev–Trinajstić information content (AvgIpc) is 2.79. The number of aryl methyl sites for hydroxylation is 1. The number of carbonyl (C=O) groups is 2. The molecule has 0 aliphatic rings. The third kappa shape index (κ3) is 6.26. The number of thioether (sulfide) groups is 1. The molecule has 160 valence electrons. The van der Waals surface area contributed by atoms with E-state index in [2.05, 4.69) is 10.6 Å². The van der Waals surface area contributed by atoms with E-state index in [1.165, 1.54) is 11.8 Å². The Labute approximate surface area is 186 Å². The number of benzene rings is 3. The first-order chi connectivity index (χ1) is 15.0. The molecule has 0 atom stereocenters. The number of amides is 2. The monoisotopic (exact) mass is 436 g/mol. The Morgan fingerprint density at radius 3 is 2.23 bits per heavy atom. The van der Waals surface area contributed by atoms with Crippen LogP contribution in [0.25, 0.3) is 0 Å². The second kappa shape index (κ2) is 10.5. The topological polar surface area (TPSA) is 76.7 Å². The van der Waals surface area contributed by atoms with Crippen LogP contribution in [0.5, 0.6) is 11.5 Å². The predicted molar refractivity (Wildman–Crippen MR) is 124 cm³/mol. The number of rotatable bonds is 8. The molecule has 3 rings (SSSR count). The van der Waals surface area contributed by atoms with E-state index in [0.717, 1.165) is 10.5 Å². The Morgan fingerprint density at radius 1 is 0.871 bits per heavy atom.